The van der Waals surface area contributed by atoms with Gasteiger partial charge in [0.1, 0.15) is 0 Å². The van der Waals surface area contributed by atoms with Gasteiger partial charge >= 0.3 is 0 Å². The fourth-order valence-corrected chi connectivity index (χ4v) is 7.22. The van der Waals surface area contributed by atoms with Gasteiger partial charge < -0.3 is 0 Å². The van der Waals surface area contributed by atoms with E-state index in [0.29, 0.717) is 0 Å². The molecule has 42 heavy (non-hydrogen) atoms. The van der Waals surface area contributed by atoms with Crippen LogP contribution in [-0.4, -0.2) is 0 Å². The van der Waals surface area contributed by atoms with Crippen molar-refractivity contribution in [2.24, 2.45) is 0 Å². The van der Waals surface area contributed by atoms with Crippen LogP contribution in [0.4, 0.5) is 0 Å². The summed E-state index contributed by atoms with van der Waals surface area (Å²) in [6, 6.07) is 57.9. The number of benzene rings is 8. The van der Waals surface area contributed by atoms with E-state index in [9.17, 15) is 0 Å². The molecular weight excluding hydrogens is 504 g/mol. The molecule has 0 saturated heterocycles. The van der Waals surface area contributed by atoms with Crippen molar-refractivity contribution in [3.05, 3.63) is 158 Å². The summed E-state index contributed by atoms with van der Waals surface area (Å²) < 4.78 is 0. The lowest BCUT2D eigenvalue weighted by atomic mass is 9.83. The Balaban J connectivity index is 1.44. The van der Waals surface area contributed by atoms with Crippen molar-refractivity contribution in [3.8, 4) is 55.6 Å². The summed E-state index contributed by atoms with van der Waals surface area (Å²) in [4.78, 5) is 0. The highest BCUT2D eigenvalue weighted by Crippen LogP contribution is 2.52. The van der Waals surface area contributed by atoms with Crippen LogP contribution in [0.25, 0.3) is 88.0 Å². The van der Waals surface area contributed by atoms with Crippen molar-refractivity contribution in [1.82, 2.24) is 0 Å². The van der Waals surface area contributed by atoms with Crippen LogP contribution < -0.4 is 0 Å². The second-order valence-electron chi connectivity index (χ2n) is 11.2. The molecule has 1 aliphatic rings. The predicted molar refractivity (Wildman–Crippen MR) is 180 cm³/mol. The summed E-state index contributed by atoms with van der Waals surface area (Å²) in [6.45, 7) is 0. The Bertz CT molecular complexity index is 2300. The molecular formula is C42H26. The van der Waals surface area contributed by atoms with E-state index in [0.717, 1.165) is 0 Å². The van der Waals surface area contributed by atoms with E-state index in [1.165, 1.54) is 88.0 Å². The van der Waals surface area contributed by atoms with Gasteiger partial charge in [-0.1, -0.05) is 152 Å². The van der Waals surface area contributed by atoms with Gasteiger partial charge in [0, 0.05) is 0 Å². The average molecular weight is 531 g/mol. The first kappa shape index (κ1) is 23.3. The van der Waals surface area contributed by atoms with E-state index in [4.69, 9.17) is 0 Å². The van der Waals surface area contributed by atoms with Crippen LogP contribution in [0.15, 0.2) is 158 Å². The first-order chi connectivity index (χ1) is 20.9. The lowest BCUT2D eigenvalue weighted by Crippen LogP contribution is -1.92. The Kier molecular flexibility index (Phi) is 5.00. The average Bonchev–Trinajstić information content (AvgIpc) is 3.39. The largest absolute Gasteiger partial charge is 0.0622 e. The van der Waals surface area contributed by atoms with Crippen molar-refractivity contribution in [2.75, 3.05) is 0 Å². The van der Waals surface area contributed by atoms with Crippen molar-refractivity contribution in [2.45, 2.75) is 0 Å². The molecule has 9 rings (SSSR count). The second kappa shape index (κ2) is 9.03. The maximum atomic E-state index is 2.40. The third-order valence-corrected chi connectivity index (χ3v) is 9.01. The zero-order valence-electron chi connectivity index (χ0n) is 23.0. The third kappa shape index (κ3) is 3.30. The van der Waals surface area contributed by atoms with Crippen molar-refractivity contribution in [3.63, 3.8) is 0 Å². The Morgan fingerprint density at radius 3 is 1.50 bits per heavy atom. The third-order valence-electron chi connectivity index (χ3n) is 9.01. The first-order valence-electron chi connectivity index (χ1n) is 14.6. The van der Waals surface area contributed by atoms with E-state index in [1.807, 2.05) is 0 Å². The summed E-state index contributed by atoms with van der Waals surface area (Å²) in [6.07, 6.45) is 0. The molecule has 0 aromatic heterocycles. The van der Waals surface area contributed by atoms with Crippen molar-refractivity contribution < 1.29 is 0 Å². The molecule has 0 unspecified atom stereocenters. The number of hydrogen-bond donors (Lipinski definition) is 0. The molecule has 0 spiro atoms. The molecule has 0 heterocycles. The van der Waals surface area contributed by atoms with Crippen LogP contribution in [0.1, 0.15) is 0 Å². The van der Waals surface area contributed by atoms with E-state index >= 15 is 0 Å². The highest BCUT2D eigenvalue weighted by atomic mass is 14.3. The molecule has 0 bridgehead atoms. The van der Waals surface area contributed by atoms with Gasteiger partial charge in [0.15, 0.2) is 0 Å². The molecule has 8 aromatic rings. The Hall–Kier alpha value is -5.46. The van der Waals surface area contributed by atoms with Crippen LogP contribution in [0, 0.1) is 0 Å². The van der Waals surface area contributed by atoms with Crippen LogP contribution in [0.3, 0.4) is 0 Å². The van der Waals surface area contributed by atoms with Gasteiger partial charge in [-0.2, -0.15) is 0 Å². The van der Waals surface area contributed by atoms with E-state index in [-0.39, 0.29) is 0 Å². The van der Waals surface area contributed by atoms with Gasteiger partial charge in [0.25, 0.3) is 0 Å². The molecule has 0 radical (unpaired) electrons. The molecule has 1 aliphatic carbocycles. The Morgan fingerprint density at radius 1 is 0.238 bits per heavy atom. The second-order valence-corrected chi connectivity index (χ2v) is 11.2. The maximum absolute atomic E-state index is 2.40. The number of rotatable bonds is 3. The number of fused-ring (bicyclic) bond motifs is 5. The topological polar surface area (TPSA) is 0 Å². The molecule has 0 N–H and O–H groups in total. The maximum Gasteiger partial charge on any atom is -0.00201 e. The van der Waals surface area contributed by atoms with Crippen molar-refractivity contribution >= 4 is 32.3 Å². The van der Waals surface area contributed by atoms with Crippen LogP contribution in [-0.2, 0) is 0 Å². The molecule has 0 amide bonds. The van der Waals surface area contributed by atoms with E-state index in [1.54, 1.807) is 0 Å². The standard InChI is InChI=1S/C42H26/c1-3-12-27(13-4-1)29-22-23-38-39(26-29)40(28-14-5-2-6-15-28)33-18-9-10-19-34(33)42(38)37-25-24-36-31-17-8-7-16-30(31)32-20-11-21-35(37)41(32)36/h1-26H. The molecule has 0 aliphatic heterocycles. The first-order valence-corrected chi connectivity index (χ1v) is 14.6. The smallest absolute Gasteiger partial charge is 0.00201 e. The van der Waals surface area contributed by atoms with Crippen LogP contribution >= 0.6 is 0 Å². The van der Waals surface area contributed by atoms with Gasteiger partial charge in [-0.3, -0.25) is 0 Å². The highest BCUT2D eigenvalue weighted by molar-refractivity contribution is 6.26. The monoisotopic (exact) mass is 530 g/mol. The molecule has 194 valence electrons. The van der Waals surface area contributed by atoms with Gasteiger partial charge in [-0.25, -0.2) is 0 Å². The Labute approximate surface area is 245 Å². The molecule has 8 aromatic carbocycles. The molecule has 0 nitrogen and oxygen atoms in total. The summed E-state index contributed by atoms with van der Waals surface area (Å²) in [5, 5.41) is 7.80. The SMILES string of the molecule is c1ccc(-c2ccc3c(-c4ccc5c6c(cccc46)-c4ccccc4-5)c4ccccc4c(-c4ccccc4)c3c2)cc1. The molecule has 0 fully saturated rings. The fraction of sp³-hybridized carbons (Fsp3) is 0. The van der Waals surface area contributed by atoms with E-state index in [2.05, 4.69) is 158 Å². The zero-order chi connectivity index (χ0) is 27.6. The minimum Gasteiger partial charge on any atom is -0.0622 e. The highest BCUT2D eigenvalue weighted by Gasteiger charge is 2.24. The fourth-order valence-electron chi connectivity index (χ4n) is 7.22. The summed E-state index contributed by atoms with van der Waals surface area (Å²) in [5.41, 5.74) is 12.9. The lowest BCUT2D eigenvalue weighted by Gasteiger charge is -2.20. The van der Waals surface area contributed by atoms with E-state index < -0.39 is 0 Å². The minimum atomic E-state index is 1.23. The van der Waals surface area contributed by atoms with Gasteiger partial charge in [0.05, 0.1) is 0 Å². The van der Waals surface area contributed by atoms with Gasteiger partial charge in [-0.05, 0) is 94.0 Å². The Morgan fingerprint density at radius 2 is 0.762 bits per heavy atom. The summed E-state index contributed by atoms with van der Waals surface area (Å²) in [7, 11) is 0. The van der Waals surface area contributed by atoms with Crippen molar-refractivity contribution in [1.29, 1.82) is 0 Å². The quantitative estimate of drug-likeness (QED) is 0.199. The summed E-state index contributed by atoms with van der Waals surface area (Å²) >= 11 is 0. The minimum absolute atomic E-state index is 1.23. The van der Waals surface area contributed by atoms with Gasteiger partial charge in [-0.15, -0.1) is 0 Å². The molecule has 0 atom stereocenters. The van der Waals surface area contributed by atoms with Crippen LogP contribution in [0.5, 0.6) is 0 Å². The predicted octanol–water partition coefficient (Wildman–Crippen LogP) is 11.8. The summed E-state index contributed by atoms with van der Waals surface area (Å²) in [5.74, 6) is 0. The zero-order valence-corrected chi connectivity index (χ0v) is 23.0. The van der Waals surface area contributed by atoms with Crippen LogP contribution in [0.2, 0.25) is 0 Å². The number of hydrogen-bond acceptors (Lipinski definition) is 0. The lowest BCUT2D eigenvalue weighted by molar-refractivity contribution is 1.63. The normalized spacial score (nSPS) is 11.8. The van der Waals surface area contributed by atoms with Gasteiger partial charge in [0.2, 0.25) is 0 Å². The molecule has 0 heteroatoms. The molecule has 0 saturated carbocycles.